The fourth-order valence-corrected chi connectivity index (χ4v) is 4.43. The number of amides is 1. The van der Waals surface area contributed by atoms with Gasteiger partial charge < -0.3 is 9.88 Å². The van der Waals surface area contributed by atoms with Crippen molar-refractivity contribution in [2.24, 2.45) is 0 Å². The van der Waals surface area contributed by atoms with Gasteiger partial charge in [0.15, 0.2) is 11.5 Å². The van der Waals surface area contributed by atoms with E-state index < -0.39 is 11.5 Å². The number of Topliss-reactive ketones (excluding diaryl/α,β-unsaturated/α-hetero) is 1. The van der Waals surface area contributed by atoms with Crippen molar-refractivity contribution in [1.82, 2.24) is 19.7 Å². The van der Waals surface area contributed by atoms with Gasteiger partial charge in [-0.3, -0.25) is 14.4 Å². The van der Waals surface area contributed by atoms with Crippen LogP contribution in [-0.4, -0.2) is 33.1 Å². The summed E-state index contributed by atoms with van der Waals surface area (Å²) in [6, 6.07) is 12.7. The summed E-state index contributed by atoms with van der Waals surface area (Å²) >= 11 is 1.67. The lowest BCUT2D eigenvalue weighted by atomic mass is 10.1. The van der Waals surface area contributed by atoms with E-state index in [1.54, 1.807) is 35.6 Å². The third-order valence-electron chi connectivity index (χ3n) is 5.37. The predicted molar refractivity (Wildman–Crippen MR) is 121 cm³/mol. The molecule has 4 aromatic rings. The first-order chi connectivity index (χ1) is 14.9. The Bertz CT molecular complexity index is 1350. The first-order valence-corrected chi connectivity index (χ1v) is 10.7. The molecule has 31 heavy (non-hydrogen) atoms. The number of rotatable bonds is 6. The maximum Gasteiger partial charge on any atom is 0.275 e. The van der Waals surface area contributed by atoms with Crippen LogP contribution < -0.4 is 10.9 Å². The lowest BCUT2D eigenvalue weighted by Crippen LogP contribution is -2.31. The van der Waals surface area contributed by atoms with Gasteiger partial charge in [-0.2, -0.15) is 5.10 Å². The average molecular weight is 435 g/mol. The Morgan fingerprint density at radius 1 is 1.10 bits per heavy atom. The number of aryl methyl sites for hydroxylation is 1. The molecule has 0 aliphatic rings. The number of carbonyl (C=O) groups is 2. The topological polar surface area (TPSA) is 86.0 Å². The Kier molecular flexibility index (Phi) is 5.56. The lowest BCUT2D eigenvalue weighted by Gasteiger charge is -2.10. The normalized spacial score (nSPS) is 11.1. The molecule has 0 unspecified atom stereocenters. The van der Waals surface area contributed by atoms with E-state index in [-0.39, 0.29) is 18.0 Å². The Labute approximate surface area is 182 Å². The molecule has 0 aliphatic heterocycles. The van der Waals surface area contributed by atoms with Crippen molar-refractivity contribution in [2.45, 2.75) is 26.9 Å². The monoisotopic (exact) mass is 434 g/mol. The number of fused-ring (bicyclic) bond motifs is 1. The number of hydrogen-bond donors (Lipinski definition) is 1. The van der Waals surface area contributed by atoms with E-state index in [1.165, 1.54) is 11.9 Å². The van der Waals surface area contributed by atoms with Crippen LogP contribution in [0.3, 0.4) is 0 Å². The maximum absolute atomic E-state index is 13.1. The molecule has 3 aromatic heterocycles. The van der Waals surface area contributed by atoms with Crippen molar-refractivity contribution in [3.63, 3.8) is 0 Å². The molecule has 8 heteroatoms. The average Bonchev–Trinajstić information content (AvgIpc) is 3.39. The highest BCUT2D eigenvalue weighted by atomic mass is 32.1. The van der Waals surface area contributed by atoms with Gasteiger partial charge in [0, 0.05) is 34.3 Å². The molecule has 4 rings (SSSR count). The van der Waals surface area contributed by atoms with E-state index in [0.717, 1.165) is 16.1 Å². The van der Waals surface area contributed by atoms with E-state index in [0.29, 0.717) is 22.9 Å². The fraction of sp³-hybridized carbons (Fsp3) is 0.217. The molecular weight excluding hydrogens is 412 g/mol. The zero-order chi connectivity index (χ0) is 22.1. The van der Waals surface area contributed by atoms with Gasteiger partial charge in [-0.25, -0.2) is 4.68 Å². The maximum atomic E-state index is 13.1. The Morgan fingerprint density at radius 2 is 1.84 bits per heavy atom. The molecule has 3 heterocycles. The van der Waals surface area contributed by atoms with Gasteiger partial charge in [-0.15, -0.1) is 11.3 Å². The highest BCUT2D eigenvalue weighted by Gasteiger charge is 2.20. The van der Waals surface area contributed by atoms with Gasteiger partial charge in [0.2, 0.25) is 0 Å². The number of aromatic nitrogens is 3. The number of nitrogens with zero attached hydrogens (tertiary/aromatic N) is 3. The first-order valence-electron chi connectivity index (χ1n) is 9.85. The van der Waals surface area contributed by atoms with Crippen LogP contribution in [0, 0.1) is 13.8 Å². The largest absolute Gasteiger partial charge is 0.354 e. The van der Waals surface area contributed by atoms with Gasteiger partial charge in [0.25, 0.3) is 11.5 Å². The smallest absolute Gasteiger partial charge is 0.275 e. The number of carbonyl (C=O) groups excluding carboxylic acids is 2. The Hall–Kier alpha value is -3.52. The van der Waals surface area contributed by atoms with E-state index >= 15 is 0 Å². The van der Waals surface area contributed by atoms with Gasteiger partial charge in [-0.05, 0) is 37.4 Å². The first kappa shape index (κ1) is 20.7. The standard InChI is InChI=1S/C23H22N4O3S/c1-14-11-19(15(2)26(14)12-16-7-6-10-31-16)20(28)13-27-23(30)18-9-5-4-8-17(18)21(25-27)22(29)24-3/h4-11H,12-13H2,1-3H3,(H,24,29). The molecule has 1 N–H and O–H groups in total. The van der Waals surface area contributed by atoms with E-state index in [1.807, 2.05) is 31.4 Å². The zero-order valence-corrected chi connectivity index (χ0v) is 18.3. The minimum absolute atomic E-state index is 0.119. The van der Waals surface area contributed by atoms with Crippen molar-refractivity contribution in [1.29, 1.82) is 0 Å². The van der Waals surface area contributed by atoms with E-state index in [4.69, 9.17) is 0 Å². The van der Waals surface area contributed by atoms with Crippen LogP contribution >= 0.6 is 11.3 Å². The van der Waals surface area contributed by atoms with Crippen molar-refractivity contribution >= 4 is 33.8 Å². The number of nitrogens with one attached hydrogen (secondary N) is 1. The number of thiophene rings is 1. The van der Waals surface area contributed by atoms with Crippen molar-refractivity contribution < 1.29 is 9.59 Å². The highest BCUT2D eigenvalue weighted by molar-refractivity contribution is 7.09. The molecule has 0 saturated carbocycles. The molecule has 0 radical (unpaired) electrons. The summed E-state index contributed by atoms with van der Waals surface area (Å²) in [5, 5.41) is 9.61. The second kappa shape index (κ2) is 8.31. The Balaban J connectivity index is 1.72. The minimum atomic E-state index is -0.411. The summed E-state index contributed by atoms with van der Waals surface area (Å²) in [5.74, 6) is -0.634. The molecule has 0 saturated heterocycles. The summed E-state index contributed by atoms with van der Waals surface area (Å²) in [6.07, 6.45) is 0. The van der Waals surface area contributed by atoms with Crippen molar-refractivity contribution in [2.75, 3.05) is 7.05 Å². The van der Waals surface area contributed by atoms with Gasteiger partial charge in [-0.1, -0.05) is 24.3 Å². The number of ketones is 1. The molecule has 158 valence electrons. The fourth-order valence-electron chi connectivity index (χ4n) is 3.73. The van der Waals surface area contributed by atoms with E-state index in [2.05, 4.69) is 21.0 Å². The second-order valence-corrected chi connectivity index (χ2v) is 8.34. The minimum Gasteiger partial charge on any atom is -0.354 e. The van der Waals surface area contributed by atoms with Crippen LogP contribution in [0.25, 0.3) is 10.8 Å². The third kappa shape index (κ3) is 3.82. The van der Waals surface area contributed by atoms with Crippen LogP contribution in [-0.2, 0) is 13.1 Å². The lowest BCUT2D eigenvalue weighted by molar-refractivity contribution is 0.0940. The summed E-state index contributed by atoms with van der Waals surface area (Å²) < 4.78 is 3.17. The zero-order valence-electron chi connectivity index (χ0n) is 17.5. The number of benzene rings is 1. The molecule has 0 spiro atoms. The highest BCUT2D eigenvalue weighted by Crippen LogP contribution is 2.20. The molecule has 0 fully saturated rings. The molecule has 1 amide bonds. The summed E-state index contributed by atoms with van der Waals surface area (Å²) in [5.41, 5.74) is 2.09. The summed E-state index contributed by atoms with van der Waals surface area (Å²) in [4.78, 5) is 39.6. The molecule has 0 atom stereocenters. The summed E-state index contributed by atoms with van der Waals surface area (Å²) in [7, 11) is 1.50. The molecule has 7 nitrogen and oxygen atoms in total. The van der Waals surface area contributed by atoms with Crippen LogP contribution in [0.2, 0.25) is 0 Å². The molecule has 0 bridgehead atoms. The van der Waals surface area contributed by atoms with Gasteiger partial charge >= 0.3 is 0 Å². The molecule has 1 aromatic carbocycles. The third-order valence-corrected chi connectivity index (χ3v) is 6.23. The molecule has 0 aliphatic carbocycles. The van der Waals surface area contributed by atoms with E-state index in [9.17, 15) is 14.4 Å². The van der Waals surface area contributed by atoms with Crippen molar-refractivity contribution in [3.8, 4) is 0 Å². The number of hydrogen-bond acceptors (Lipinski definition) is 5. The SMILES string of the molecule is CNC(=O)c1nn(CC(=O)c2cc(C)n(Cc3cccs3)c2C)c(=O)c2ccccc12. The van der Waals surface area contributed by atoms with Gasteiger partial charge in [0.1, 0.15) is 6.54 Å². The van der Waals surface area contributed by atoms with Crippen molar-refractivity contribution in [3.05, 3.63) is 85.7 Å². The van der Waals surface area contributed by atoms with Gasteiger partial charge in [0.05, 0.1) is 11.9 Å². The predicted octanol–water partition coefficient (Wildman–Crippen LogP) is 3.17. The summed E-state index contributed by atoms with van der Waals surface area (Å²) in [6.45, 7) is 4.32. The van der Waals surface area contributed by atoms with Crippen LogP contribution in [0.1, 0.15) is 37.1 Å². The quantitative estimate of drug-likeness (QED) is 0.472. The Morgan fingerprint density at radius 3 is 2.52 bits per heavy atom. The molecular formula is C23H22N4O3S. The second-order valence-electron chi connectivity index (χ2n) is 7.31. The van der Waals surface area contributed by atoms with Crippen LogP contribution in [0.4, 0.5) is 0 Å². The van der Waals surface area contributed by atoms with Crippen LogP contribution in [0.5, 0.6) is 0 Å². The van der Waals surface area contributed by atoms with Crippen LogP contribution in [0.15, 0.2) is 52.6 Å².